The standard InChI is InChI=1S/C18H16N2O5S2.Na/c1-9-4-5-12(25-9)11-8-27-17-14(16(22)20(17)15(11)18(23)24)19-13(21)7-10-3-2-6-26-10;/h2-6,14,17H,7-8H2,1H3,(H,19,21)(H,23,24);/q;+1/p-1/t14-,17+;/m1./s1. The van der Waals surface area contributed by atoms with Crippen LogP contribution in [-0.2, 0) is 20.8 Å². The van der Waals surface area contributed by atoms with E-state index in [2.05, 4.69) is 5.32 Å². The zero-order valence-corrected chi connectivity index (χ0v) is 18.9. The molecule has 1 saturated heterocycles. The van der Waals surface area contributed by atoms with Gasteiger partial charge >= 0.3 is 29.6 Å². The van der Waals surface area contributed by atoms with Crippen LogP contribution in [0.5, 0.6) is 0 Å². The number of thiophene rings is 1. The first kappa shape index (κ1) is 21.2. The maximum Gasteiger partial charge on any atom is 1.00 e. The first-order valence-electron chi connectivity index (χ1n) is 8.23. The number of carboxylic acid groups (broad SMARTS) is 1. The van der Waals surface area contributed by atoms with Gasteiger partial charge in [0.1, 0.15) is 22.9 Å². The molecular formula is C18H15N2NaO5S2. The summed E-state index contributed by atoms with van der Waals surface area (Å²) in [5, 5.41) is 15.9. The Morgan fingerprint density at radius 1 is 1.36 bits per heavy atom. The molecule has 28 heavy (non-hydrogen) atoms. The molecule has 0 radical (unpaired) electrons. The van der Waals surface area contributed by atoms with E-state index in [1.54, 1.807) is 19.1 Å². The number of furan rings is 1. The fraction of sp³-hybridized carbons (Fsp3) is 0.278. The zero-order chi connectivity index (χ0) is 19.1. The van der Waals surface area contributed by atoms with Crippen molar-refractivity contribution < 1.29 is 53.5 Å². The van der Waals surface area contributed by atoms with Crippen molar-refractivity contribution in [3.05, 3.63) is 51.7 Å². The Bertz CT molecular complexity index is 953. The van der Waals surface area contributed by atoms with E-state index in [1.807, 2.05) is 17.5 Å². The molecular weight excluding hydrogens is 411 g/mol. The number of fused-ring (bicyclic) bond motifs is 1. The van der Waals surface area contributed by atoms with Crippen LogP contribution in [0.25, 0.3) is 5.57 Å². The average molecular weight is 426 g/mol. The predicted molar refractivity (Wildman–Crippen MR) is 98.4 cm³/mol. The van der Waals surface area contributed by atoms with Crippen molar-refractivity contribution >= 4 is 46.5 Å². The summed E-state index contributed by atoms with van der Waals surface area (Å²) in [5.41, 5.74) is 0.239. The fourth-order valence-corrected chi connectivity index (χ4v) is 5.24. The van der Waals surface area contributed by atoms with Gasteiger partial charge < -0.3 is 19.6 Å². The summed E-state index contributed by atoms with van der Waals surface area (Å²) in [6, 6.07) is 6.38. The van der Waals surface area contributed by atoms with Gasteiger partial charge in [-0.25, -0.2) is 0 Å². The van der Waals surface area contributed by atoms with Crippen LogP contribution in [0.4, 0.5) is 0 Å². The van der Waals surface area contributed by atoms with E-state index < -0.39 is 23.3 Å². The third-order valence-corrected chi connectivity index (χ3v) is 6.59. The molecule has 2 amide bonds. The Hall–Kier alpha value is -1.52. The second kappa shape index (κ2) is 8.46. The molecule has 2 aromatic heterocycles. The normalized spacial score (nSPS) is 20.9. The van der Waals surface area contributed by atoms with Gasteiger partial charge in [-0.3, -0.25) is 14.5 Å². The number of hydrogen-bond acceptors (Lipinski definition) is 7. The average Bonchev–Trinajstić information content (AvgIpc) is 3.29. The van der Waals surface area contributed by atoms with Crippen molar-refractivity contribution in [1.82, 2.24) is 10.2 Å². The molecule has 0 aliphatic carbocycles. The molecule has 0 aromatic carbocycles. The van der Waals surface area contributed by atoms with Gasteiger partial charge in [-0.1, -0.05) is 6.07 Å². The van der Waals surface area contributed by atoms with Gasteiger partial charge in [-0.2, -0.15) is 0 Å². The molecule has 4 rings (SSSR count). The van der Waals surface area contributed by atoms with E-state index in [-0.39, 0.29) is 47.6 Å². The molecule has 0 saturated carbocycles. The van der Waals surface area contributed by atoms with Crippen LogP contribution in [0.1, 0.15) is 16.4 Å². The summed E-state index contributed by atoms with van der Waals surface area (Å²) < 4.78 is 5.53. The molecule has 1 fully saturated rings. The van der Waals surface area contributed by atoms with E-state index in [4.69, 9.17) is 4.42 Å². The number of β-lactam (4-membered cyclic amide) rings is 1. The van der Waals surface area contributed by atoms with Crippen LogP contribution in [-0.4, -0.2) is 39.9 Å². The molecule has 4 heterocycles. The van der Waals surface area contributed by atoms with Gasteiger partial charge in [-0.15, -0.1) is 23.1 Å². The first-order chi connectivity index (χ1) is 13.0. The van der Waals surface area contributed by atoms with Crippen LogP contribution in [0.3, 0.4) is 0 Å². The van der Waals surface area contributed by atoms with Crippen molar-refractivity contribution in [2.45, 2.75) is 24.8 Å². The minimum Gasteiger partial charge on any atom is -0.543 e. The molecule has 10 heteroatoms. The van der Waals surface area contributed by atoms with Gasteiger partial charge in [0, 0.05) is 16.2 Å². The van der Waals surface area contributed by atoms with Crippen molar-refractivity contribution in [3.8, 4) is 0 Å². The van der Waals surface area contributed by atoms with Gasteiger partial charge in [0.25, 0.3) is 5.91 Å². The van der Waals surface area contributed by atoms with Crippen molar-refractivity contribution in [3.63, 3.8) is 0 Å². The van der Waals surface area contributed by atoms with Crippen LogP contribution in [0, 0.1) is 6.92 Å². The smallest absolute Gasteiger partial charge is 0.543 e. The van der Waals surface area contributed by atoms with Crippen molar-refractivity contribution in [1.29, 1.82) is 0 Å². The quantitative estimate of drug-likeness (QED) is 0.428. The third kappa shape index (κ3) is 3.81. The second-order valence-electron chi connectivity index (χ2n) is 6.24. The van der Waals surface area contributed by atoms with Gasteiger partial charge in [0.05, 0.1) is 18.1 Å². The topological polar surface area (TPSA) is 103 Å². The Morgan fingerprint density at radius 2 is 2.14 bits per heavy atom. The van der Waals surface area contributed by atoms with Crippen LogP contribution in [0.15, 0.2) is 39.8 Å². The van der Waals surface area contributed by atoms with E-state index in [1.165, 1.54) is 28.0 Å². The molecule has 2 atom stereocenters. The van der Waals surface area contributed by atoms with Crippen LogP contribution in [0.2, 0.25) is 0 Å². The Labute approximate surface area is 191 Å². The third-order valence-electron chi connectivity index (χ3n) is 4.43. The van der Waals surface area contributed by atoms with Crippen LogP contribution < -0.4 is 40.0 Å². The first-order valence-corrected chi connectivity index (χ1v) is 10.2. The number of carboxylic acids is 1. The number of aliphatic carboxylic acids is 1. The number of amides is 2. The largest absolute Gasteiger partial charge is 1.00 e. The molecule has 0 unspecified atom stereocenters. The SMILES string of the molecule is Cc1ccc(C2=C(C(=O)[O-])N3C(=O)[C@@H](NC(=O)Cc4cccs4)[C@@H]3SC2)o1.[Na+]. The number of nitrogens with zero attached hydrogens (tertiary/aromatic N) is 1. The Kier molecular flexibility index (Phi) is 6.41. The number of nitrogens with one attached hydrogen (secondary N) is 1. The minimum atomic E-state index is -1.43. The van der Waals surface area contributed by atoms with Gasteiger partial charge in [0.2, 0.25) is 5.91 Å². The molecule has 140 valence electrons. The molecule has 2 aromatic rings. The number of carbonyl (C=O) groups is 3. The summed E-state index contributed by atoms with van der Waals surface area (Å²) in [4.78, 5) is 38.6. The maximum absolute atomic E-state index is 12.6. The van der Waals surface area contributed by atoms with Crippen LogP contribution >= 0.6 is 23.1 Å². The molecule has 2 aliphatic rings. The number of carbonyl (C=O) groups excluding carboxylic acids is 3. The van der Waals surface area contributed by atoms with E-state index in [0.29, 0.717) is 22.8 Å². The maximum atomic E-state index is 12.6. The summed E-state index contributed by atoms with van der Waals surface area (Å²) in [6.07, 6.45) is 0.193. The van der Waals surface area contributed by atoms with Crippen molar-refractivity contribution in [2.24, 2.45) is 0 Å². The molecule has 0 spiro atoms. The Morgan fingerprint density at radius 3 is 2.75 bits per heavy atom. The summed E-state index contributed by atoms with van der Waals surface area (Å²) in [6.45, 7) is 1.76. The predicted octanol–water partition coefficient (Wildman–Crippen LogP) is -2.24. The van der Waals surface area contributed by atoms with Gasteiger partial charge in [-0.05, 0) is 30.5 Å². The number of aryl methyl sites for hydroxylation is 1. The molecule has 0 bridgehead atoms. The summed E-state index contributed by atoms with van der Waals surface area (Å²) in [7, 11) is 0. The number of hydrogen-bond donors (Lipinski definition) is 1. The molecule has 7 nitrogen and oxygen atoms in total. The number of rotatable bonds is 5. The molecule has 2 aliphatic heterocycles. The van der Waals surface area contributed by atoms with Gasteiger partial charge in [0.15, 0.2) is 0 Å². The summed E-state index contributed by atoms with van der Waals surface area (Å²) in [5.74, 6) is -0.732. The number of thioether (sulfide) groups is 1. The zero-order valence-electron chi connectivity index (χ0n) is 15.3. The van der Waals surface area contributed by atoms with E-state index >= 15 is 0 Å². The monoisotopic (exact) mass is 426 g/mol. The van der Waals surface area contributed by atoms with E-state index in [9.17, 15) is 19.5 Å². The summed E-state index contributed by atoms with van der Waals surface area (Å²) >= 11 is 2.86. The Balaban J connectivity index is 0.00000225. The minimum absolute atomic E-state index is 0. The van der Waals surface area contributed by atoms with E-state index in [0.717, 1.165) is 4.88 Å². The van der Waals surface area contributed by atoms with Crippen molar-refractivity contribution in [2.75, 3.05) is 5.75 Å². The molecule has 1 N–H and O–H groups in total. The fourth-order valence-electron chi connectivity index (χ4n) is 3.19. The second-order valence-corrected chi connectivity index (χ2v) is 8.37.